The number of aromatic hydroxyl groups is 1. The second-order valence-corrected chi connectivity index (χ2v) is 19.2. The van der Waals surface area contributed by atoms with E-state index in [0.29, 0.717) is 24.7 Å². The van der Waals surface area contributed by atoms with Gasteiger partial charge in [-0.05, 0) is 25.8 Å². The molecule has 4 aromatic rings. The van der Waals surface area contributed by atoms with Crippen molar-refractivity contribution in [1.82, 2.24) is 9.88 Å². The number of esters is 1. The van der Waals surface area contributed by atoms with E-state index in [2.05, 4.69) is 29.0 Å². The Morgan fingerprint density at radius 2 is 1.65 bits per heavy atom. The molecule has 0 radical (unpaired) electrons. The van der Waals surface area contributed by atoms with Crippen molar-refractivity contribution in [3.8, 4) is 11.5 Å². The van der Waals surface area contributed by atoms with Gasteiger partial charge in [-0.3, -0.25) is 24.1 Å². The van der Waals surface area contributed by atoms with E-state index < -0.39 is 88.1 Å². The van der Waals surface area contributed by atoms with Crippen molar-refractivity contribution in [2.75, 3.05) is 50.1 Å². The van der Waals surface area contributed by atoms with Crippen molar-refractivity contribution in [2.45, 2.75) is 99.4 Å². The number of aliphatic hydroxyl groups excluding tert-OH is 3. The molecule has 17 heteroatoms. The molecule has 0 aliphatic carbocycles. The van der Waals surface area contributed by atoms with Gasteiger partial charge in [0.2, 0.25) is 10.9 Å². The number of fused-ring (bicyclic) bond motifs is 2. The highest BCUT2D eigenvalue weighted by Crippen LogP contribution is 2.42. The summed E-state index contributed by atoms with van der Waals surface area (Å²) in [5.74, 6) is -6.43. The first-order valence-electron chi connectivity index (χ1n) is 23.2. The number of allylic oxidation sites excluding steroid dienone is 2. The minimum absolute atomic E-state index is 0.0390. The van der Waals surface area contributed by atoms with Crippen molar-refractivity contribution in [3.63, 3.8) is 0 Å². The van der Waals surface area contributed by atoms with Gasteiger partial charge in [-0.1, -0.05) is 59.8 Å². The van der Waals surface area contributed by atoms with Crippen molar-refractivity contribution >= 4 is 62.0 Å². The van der Waals surface area contributed by atoms with Crippen LogP contribution in [0.15, 0.2) is 62.3 Å². The Hall–Kier alpha value is -6.01. The summed E-state index contributed by atoms with van der Waals surface area (Å²) < 4.78 is 30.5. The van der Waals surface area contributed by atoms with Crippen LogP contribution in [0.25, 0.3) is 38.7 Å². The highest BCUT2D eigenvalue weighted by atomic mass is 16.7. The molecular formula is C51H64N4O13. The van der Waals surface area contributed by atoms with Gasteiger partial charge in [0.25, 0.3) is 5.91 Å². The lowest BCUT2D eigenvalue weighted by atomic mass is 9.78. The van der Waals surface area contributed by atoms with E-state index in [-0.39, 0.29) is 60.8 Å². The minimum atomic E-state index is -1.98. The lowest BCUT2D eigenvalue weighted by Crippen LogP contribution is -2.47. The third-order valence-electron chi connectivity index (χ3n) is 13.8. The Kier molecular flexibility index (Phi) is 14.3. The lowest BCUT2D eigenvalue weighted by Gasteiger charge is -2.38. The monoisotopic (exact) mass is 940 g/mol. The molecule has 1 unspecified atom stereocenters. The lowest BCUT2D eigenvalue weighted by molar-refractivity contribution is -0.160. The van der Waals surface area contributed by atoms with E-state index in [1.807, 2.05) is 0 Å². The van der Waals surface area contributed by atoms with Gasteiger partial charge in [-0.15, -0.1) is 0 Å². The van der Waals surface area contributed by atoms with Gasteiger partial charge in [-0.25, -0.2) is 4.98 Å². The van der Waals surface area contributed by atoms with Crippen molar-refractivity contribution in [3.05, 3.63) is 79.5 Å². The Balaban J connectivity index is 1.46. The van der Waals surface area contributed by atoms with Crippen LogP contribution in [0.2, 0.25) is 0 Å². The Morgan fingerprint density at radius 1 is 0.956 bits per heavy atom. The van der Waals surface area contributed by atoms with Crippen LogP contribution in [0.3, 0.4) is 0 Å². The second-order valence-electron chi connectivity index (χ2n) is 19.2. The van der Waals surface area contributed by atoms with E-state index >= 15 is 0 Å². The number of anilines is 2. The fourth-order valence-electron chi connectivity index (χ4n) is 9.76. The van der Waals surface area contributed by atoms with Gasteiger partial charge in [0.05, 0.1) is 35.2 Å². The van der Waals surface area contributed by atoms with Crippen LogP contribution in [0, 0.1) is 36.5 Å². The average Bonchev–Trinajstić information content (AvgIpc) is 3.56. The third-order valence-corrected chi connectivity index (χ3v) is 13.8. The number of aromatic nitrogens is 1. The molecule has 4 heterocycles. The standard InChI is InChI=1S/C51H64N4O13/c1-24(2)23-54-16-18-55(19-17-54)32-21-33(57)39-35(22-32)67-48-40(52-39)36-37-44(60)30(8)47-38(36)49(62)51(10,68-47)65-20-15-34(64-11)27(5)46(66-31(9)56)29(7)43(59)28(6)42(58)25(3)13-12-14-26(4)50(63)53-41(48)45(37)61/h12-15,20-22,24-25,27-29,34,42-43,46,58-60,62H,16-19,23H2,1-11H3,(H,53,63)/b13-12+,20-15+,26-14-/t25-,27+,28+,29+,34-,42-,43+,46+,51?/m0/s1. The molecule has 1 fully saturated rings. The number of amides is 1. The van der Waals surface area contributed by atoms with E-state index in [1.54, 1.807) is 45.9 Å². The maximum Gasteiger partial charge on any atom is 0.307 e. The summed E-state index contributed by atoms with van der Waals surface area (Å²) in [5, 5.41) is 49.3. The first-order chi connectivity index (χ1) is 32.1. The SMILES string of the molecule is CO[C@H]1/C=C/OC2(C)Oc3c(C)c(O)c4c(=O)c(c5oc6cc(N7CCN(CC(C)C)CC7)cc(=O)c6nc5c4c3=C2O)NC(=O)/C(C)=C\C=C\[C@H](C)[C@H](O)[C@@H](C)[C@@H](O)[C@@H](C)[C@H](OC(C)=O)[C@@H]1C. The highest BCUT2D eigenvalue weighted by Gasteiger charge is 2.44. The van der Waals surface area contributed by atoms with Crippen molar-refractivity contribution in [2.24, 2.45) is 29.6 Å². The molecule has 1 saturated heterocycles. The number of methoxy groups -OCH3 is 1. The smallest absolute Gasteiger partial charge is 0.307 e. The number of phenolic OH excluding ortho intramolecular Hbond substituents is 1. The summed E-state index contributed by atoms with van der Waals surface area (Å²) in [6, 6.07) is 3.16. The predicted molar refractivity (Wildman–Crippen MR) is 259 cm³/mol. The molecule has 366 valence electrons. The van der Waals surface area contributed by atoms with Gasteiger partial charge in [0, 0.05) is 112 Å². The van der Waals surface area contributed by atoms with Crippen LogP contribution in [0.4, 0.5) is 11.4 Å². The fourth-order valence-corrected chi connectivity index (χ4v) is 9.76. The summed E-state index contributed by atoms with van der Waals surface area (Å²) in [7, 11) is 1.45. The number of hydrogen-bond donors (Lipinski definition) is 5. The number of benzene rings is 3. The summed E-state index contributed by atoms with van der Waals surface area (Å²) in [5.41, 5.74) is -1.35. The Morgan fingerprint density at radius 3 is 2.29 bits per heavy atom. The summed E-state index contributed by atoms with van der Waals surface area (Å²) >= 11 is 0. The molecule has 17 nitrogen and oxygen atoms in total. The molecule has 3 aliphatic heterocycles. The zero-order valence-corrected chi connectivity index (χ0v) is 40.6. The zero-order valence-electron chi connectivity index (χ0n) is 40.6. The number of carbonyl (C=O) groups is 2. The summed E-state index contributed by atoms with van der Waals surface area (Å²) in [6.45, 7) is 20.8. The normalized spacial score (nSPS) is 29.5. The Bertz CT molecular complexity index is 2900. The zero-order chi connectivity index (χ0) is 49.7. The quantitative estimate of drug-likeness (QED) is 0.0966. The van der Waals surface area contributed by atoms with Crippen LogP contribution in [-0.4, -0.2) is 112 Å². The number of piperazine rings is 1. The molecule has 1 amide bonds. The third kappa shape index (κ3) is 9.28. The average molecular weight is 941 g/mol. The van der Waals surface area contributed by atoms with Crippen LogP contribution in [-0.2, 0) is 23.8 Å². The highest BCUT2D eigenvalue weighted by molar-refractivity contribution is 6.16. The molecule has 0 spiro atoms. The number of rotatable bonds is 5. The van der Waals surface area contributed by atoms with E-state index in [4.69, 9.17) is 28.3 Å². The number of hydrogen-bond acceptors (Lipinski definition) is 16. The molecule has 3 aliphatic rings. The van der Waals surface area contributed by atoms with Crippen LogP contribution < -0.4 is 31.0 Å². The maximum absolute atomic E-state index is 14.9. The number of aliphatic hydroxyl groups is 3. The molecule has 68 heavy (non-hydrogen) atoms. The molecule has 7 rings (SSSR count). The van der Waals surface area contributed by atoms with Gasteiger partial charge in [0.1, 0.15) is 28.8 Å². The number of phenols is 1. The summed E-state index contributed by atoms with van der Waals surface area (Å²) in [4.78, 5) is 64.7. The van der Waals surface area contributed by atoms with Gasteiger partial charge in [-0.2, -0.15) is 0 Å². The molecule has 4 bridgehead atoms. The predicted octanol–water partition coefficient (Wildman–Crippen LogP) is 5.34. The Labute approximate surface area is 394 Å². The van der Waals surface area contributed by atoms with E-state index in [9.17, 15) is 39.6 Å². The topological polar surface area (TPSA) is 231 Å². The molecule has 3 aromatic carbocycles. The minimum Gasteiger partial charge on any atom is -0.507 e. The molecule has 9 atom stereocenters. The molecule has 5 N–H and O–H groups in total. The number of nitrogens with zero attached hydrogens (tertiary/aromatic N) is 3. The van der Waals surface area contributed by atoms with E-state index in [1.165, 1.54) is 59.3 Å². The second kappa shape index (κ2) is 19.5. The van der Waals surface area contributed by atoms with Crippen LogP contribution in [0.1, 0.15) is 67.9 Å². The van der Waals surface area contributed by atoms with Gasteiger partial charge < -0.3 is 54.0 Å². The summed E-state index contributed by atoms with van der Waals surface area (Å²) in [6.07, 6.45) is 3.57. The molecule has 1 aromatic heterocycles. The van der Waals surface area contributed by atoms with Crippen LogP contribution in [0.5, 0.6) is 11.5 Å². The van der Waals surface area contributed by atoms with E-state index in [0.717, 1.165) is 19.6 Å². The van der Waals surface area contributed by atoms with Crippen molar-refractivity contribution < 1.29 is 53.4 Å². The number of ether oxygens (including phenoxy) is 4. The maximum atomic E-state index is 14.9. The van der Waals surface area contributed by atoms with Gasteiger partial charge >= 0.3 is 11.8 Å². The number of nitrogens with one attached hydrogen (secondary N) is 1. The van der Waals surface area contributed by atoms with Crippen LogP contribution >= 0.6 is 0 Å². The first-order valence-corrected chi connectivity index (χ1v) is 23.2. The fraction of sp³-hybridized carbons (Fsp3) is 0.510. The molecule has 0 saturated carbocycles. The number of carbonyl (C=O) groups excluding carboxylic acids is 2. The van der Waals surface area contributed by atoms with Crippen molar-refractivity contribution in [1.29, 1.82) is 0 Å². The first kappa shape index (κ1) is 49.9. The van der Waals surface area contributed by atoms with Gasteiger partial charge in [0.15, 0.2) is 22.4 Å². The molecular weight excluding hydrogens is 877 g/mol. The largest absolute Gasteiger partial charge is 0.507 e.